The standard InChI is InChI=1S/C11H6N4O2S/c12-7-8-5-6-13-14-11(8)18-10-3-1-9(2-4-10)15(16)17/h1-6H. The van der Waals surface area contributed by atoms with Gasteiger partial charge in [-0.25, -0.2) is 0 Å². The van der Waals surface area contributed by atoms with Gasteiger partial charge in [-0.05, 0) is 18.2 Å². The molecule has 0 radical (unpaired) electrons. The molecule has 0 saturated heterocycles. The Morgan fingerprint density at radius 1 is 1.28 bits per heavy atom. The second-order valence-corrected chi connectivity index (χ2v) is 4.28. The Bertz CT molecular complexity index is 622. The molecule has 0 fully saturated rings. The number of hydrogen-bond donors (Lipinski definition) is 0. The Morgan fingerprint density at radius 2 is 2.00 bits per heavy atom. The van der Waals surface area contributed by atoms with Crippen molar-refractivity contribution >= 4 is 17.4 Å². The molecule has 1 heterocycles. The summed E-state index contributed by atoms with van der Waals surface area (Å²) in [5, 5.41) is 27.4. The van der Waals surface area contributed by atoms with Gasteiger partial charge in [0, 0.05) is 17.0 Å². The van der Waals surface area contributed by atoms with Gasteiger partial charge in [-0.2, -0.15) is 10.4 Å². The van der Waals surface area contributed by atoms with E-state index in [0.717, 1.165) is 4.90 Å². The van der Waals surface area contributed by atoms with Crippen molar-refractivity contribution in [1.29, 1.82) is 5.26 Å². The minimum absolute atomic E-state index is 0.0269. The second-order valence-electron chi connectivity index (χ2n) is 3.21. The minimum Gasteiger partial charge on any atom is -0.258 e. The first-order chi connectivity index (χ1) is 8.70. The van der Waals surface area contributed by atoms with Crippen molar-refractivity contribution in [3.05, 3.63) is 52.2 Å². The van der Waals surface area contributed by atoms with Crippen LogP contribution in [0.2, 0.25) is 0 Å². The fourth-order valence-electron chi connectivity index (χ4n) is 1.23. The van der Waals surface area contributed by atoms with Crippen LogP contribution < -0.4 is 0 Å². The smallest absolute Gasteiger partial charge is 0.258 e. The van der Waals surface area contributed by atoms with Gasteiger partial charge >= 0.3 is 0 Å². The van der Waals surface area contributed by atoms with Crippen LogP contribution in [-0.2, 0) is 0 Å². The number of nitro groups is 1. The third kappa shape index (κ3) is 2.61. The summed E-state index contributed by atoms with van der Waals surface area (Å²) in [5.41, 5.74) is 0.451. The summed E-state index contributed by atoms with van der Waals surface area (Å²) < 4.78 is 0. The molecule has 0 spiro atoms. The average Bonchev–Trinajstić information content (AvgIpc) is 2.40. The van der Waals surface area contributed by atoms with Crippen LogP contribution in [0, 0.1) is 21.4 Å². The normalized spacial score (nSPS) is 9.72. The van der Waals surface area contributed by atoms with Gasteiger partial charge in [-0.1, -0.05) is 11.8 Å². The Kier molecular flexibility index (Phi) is 3.50. The van der Waals surface area contributed by atoms with Crippen LogP contribution in [0.25, 0.3) is 0 Å². The monoisotopic (exact) mass is 258 g/mol. The molecular weight excluding hydrogens is 252 g/mol. The maximum Gasteiger partial charge on any atom is 0.269 e. The lowest BCUT2D eigenvalue weighted by Gasteiger charge is -2.01. The Hall–Kier alpha value is -2.46. The first-order valence-corrected chi connectivity index (χ1v) is 5.66. The molecular formula is C11H6N4O2S. The van der Waals surface area contributed by atoms with Crippen molar-refractivity contribution in [2.45, 2.75) is 9.92 Å². The van der Waals surface area contributed by atoms with Crippen molar-refractivity contribution in [3.63, 3.8) is 0 Å². The van der Waals surface area contributed by atoms with E-state index in [0.29, 0.717) is 10.6 Å². The summed E-state index contributed by atoms with van der Waals surface area (Å²) in [5.74, 6) is 0. The van der Waals surface area contributed by atoms with Crippen molar-refractivity contribution in [2.75, 3.05) is 0 Å². The van der Waals surface area contributed by atoms with Crippen LogP contribution in [0.3, 0.4) is 0 Å². The number of nitriles is 1. The molecule has 1 aromatic carbocycles. The van der Waals surface area contributed by atoms with Crippen LogP contribution in [0.1, 0.15) is 5.56 Å². The molecule has 0 aliphatic heterocycles. The molecule has 6 nitrogen and oxygen atoms in total. The highest BCUT2D eigenvalue weighted by atomic mass is 32.2. The van der Waals surface area contributed by atoms with E-state index < -0.39 is 4.92 Å². The van der Waals surface area contributed by atoms with Gasteiger partial charge in [0.1, 0.15) is 11.1 Å². The van der Waals surface area contributed by atoms with Crippen LogP contribution >= 0.6 is 11.8 Å². The van der Waals surface area contributed by atoms with E-state index >= 15 is 0 Å². The molecule has 2 rings (SSSR count). The van der Waals surface area contributed by atoms with Gasteiger partial charge in [0.15, 0.2) is 0 Å². The maximum atomic E-state index is 10.5. The molecule has 0 bridgehead atoms. The number of nitrogens with zero attached hydrogens (tertiary/aromatic N) is 4. The number of hydrogen-bond acceptors (Lipinski definition) is 6. The zero-order valence-corrected chi connectivity index (χ0v) is 9.79. The predicted octanol–water partition coefficient (Wildman–Crippen LogP) is 2.41. The highest BCUT2D eigenvalue weighted by molar-refractivity contribution is 7.99. The van der Waals surface area contributed by atoms with Crippen LogP contribution in [0.4, 0.5) is 5.69 Å². The third-order valence-corrected chi connectivity index (χ3v) is 3.07. The number of nitro benzene ring substituents is 1. The van der Waals surface area contributed by atoms with Gasteiger partial charge in [0.05, 0.1) is 16.7 Å². The highest BCUT2D eigenvalue weighted by Crippen LogP contribution is 2.28. The van der Waals surface area contributed by atoms with Crippen LogP contribution in [0.15, 0.2) is 46.5 Å². The first-order valence-electron chi connectivity index (χ1n) is 4.85. The third-order valence-electron chi connectivity index (χ3n) is 2.07. The molecule has 0 aliphatic rings. The zero-order valence-electron chi connectivity index (χ0n) is 8.98. The van der Waals surface area contributed by atoms with Crippen molar-refractivity contribution < 1.29 is 4.92 Å². The van der Waals surface area contributed by atoms with E-state index in [1.54, 1.807) is 18.2 Å². The Morgan fingerprint density at radius 3 is 2.61 bits per heavy atom. The summed E-state index contributed by atoms with van der Waals surface area (Å²) in [6.45, 7) is 0. The largest absolute Gasteiger partial charge is 0.269 e. The van der Waals surface area contributed by atoms with Crippen LogP contribution in [0.5, 0.6) is 0 Å². The van der Waals surface area contributed by atoms with Gasteiger partial charge in [-0.15, -0.1) is 5.10 Å². The quantitative estimate of drug-likeness (QED) is 0.620. The SMILES string of the molecule is N#Cc1ccnnc1Sc1ccc([N+](=O)[O-])cc1. The Balaban J connectivity index is 2.24. The maximum absolute atomic E-state index is 10.5. The molecule has 88 valence electrons. The molecule has 0 amide bonds. The summed E-state index contributed by atoms with van der Waals surface area (Å²) in [7, 11) is 0. The topological polar surface area (TPSA) is 92.7 Å². The first kappa shape index (κ1) is 12.0. The lowest BCUT2D eigenvalue weighted by molar-refractivity contribution is -0.384. The van der Waals surface area contributed by atoms with Crippen molar-refractivity contribution in [2.24, 2.45) is 0 Å². The summed E-state index contributed by atoms with van der Waals surface area (Å²) in [6, 6.07) is 9.62. The van der Waals surface area contributed by atoms with Crippen molar-refractivity contribution in [1.82, 2.24) is 10.2 Å². The minimum atomic E-state index is -0.461. The van der Waals surface area contributed by atoms with E-state index in [-0.39, 0.29) is 5.69 Å². The number of rotatable bonds is 3. The predicted molar refractivity (Wildman–Crippen MR) is 64.0 cm³/mol. The fraction of sp³-hybridized carbons (Fsp3) is 0. The van der Waals surface area contributed by atoms with Gasteiger partial charge in [0.25, 0.3) is 5.69 Å². The van der Waals surface area contributed by atoms with E-state index in [9.17, 15) is 10.1 Å². The number of non-ortho nitro benzene ring substituents is 1. The van der Waals surface area contributed by atoms with Crippen LogP contribution in [-0.4, -0.2) is 15.1 Å². The molecule has 0 N–H and O–H groups in total. The zero-order chi connectivity index (χ0) is 13.0. The molecule has 0 unspecified atom stereocenters. The lowest BCUT2D eigenvalue weighted by Crippen LogP contribution is -1.90. The van der Waals surface area contributed by atoms with E-state index in [2.05, 4.69) is 10.2 Å². The molecule has 0 saturated carbocycles. The van der Waals surface area contributed by atoms with E-state index in [4.69, 9.17) is 5.26 Å². The fourth-order valence-corrected chi connectivity index (χ4v) is 2.03. The average molecular weight is 258 g/mol. The Labute approximate surface area is 106 Å². The van der Waals surface area contributed by atoms with Gasteiger partial charge in [-0.3, -0.25) is 10.1 Å². The number of benzene rings is 1. The summed E-state index contributed by atoms with van der Waals surface area (Å²) in [6.07, 6.45) is 1.44. The van der Waals surface area contributed by atoms with E-state index in [1.165, 1.54) is 30.1 Å². The number of aromatic nitrogens is 2. The van der Waals surface area contributed by atoms with Gasteiger partial charge < -0.3 is 0 Å². The molecule has 7 heteroatoms. The molecule has 0 atom stereocenters. The molecule has 18 heavy (non-hydrogen) atoms. The summed E-state index contributed by atoms with van der Waals surface area (Å²) in [4.78, 5) is 10.8. The second kappa shape index (κ2) is 5.25. The van der Waals surface area contributed by atoms with E-state index in [1.807, 2.05) is 6.07 Å². The molecule has 0 aliphatic carbocycles. The summed E-state index contributed by atoms with van der Waals surface area (Å²) >= 11 is 1.24. The lowest BCUT2D eigenvalue weighted by atomic mass is 10.3. The molecule has 1 aromatic heterocycles. The van der Waals surface area contributed by atoms with Crippen molar-refractivity contribution in [3.8, 4) is 6.07 Å². The van der Waals surface area contributed by atoms with Gasteiger partial charge in [0.2, 0.25) is 0 Å². The highest BCUT2D eigenvalue weighted by Gasteiger charge is 2.08. The molecule has 2 aromatic rings.